The van der Waals surface area contributed by atoms with Crippen molar-refractivity contribution in [1.29, 1.82) is 0 Å². The fraction of sp³-hybridized carbons (Fsp3) is 0.725. The molecule has 0 radical (unpaired) electrons. The van der Waals surface area contributed by atoms with Gasteiger partial charge in [-0.3, -0.25) is 14.6 Å². The summed E-state index contributed by atoms with van der Waals surface area (Å²) in [4.78, 5) is 29.4. The Balaban J connectivity index is 1.23. The summed E-state index contributed by atoms with van der Waals surface area (Å²) in [6, 6.07) is 3.76. The molecule has 5 nitrogen and oxygen atoms in total. The number of aromatic nitrogens is 1. The second kappa shape index (κ2) is 13.0. The van der Waals surface area contributed by atoms with Crippen molar-refractivity contribution in [2.45, 2.75) is 145 Å². The van der Waals surface area contributed by atoms with Crippen LogP contribution in [0.3, 0.4) is 0 Å². The number of amides is 1. The minimum atomic E-state index is -0.247. The lowest BCUT2D eigenvalue weighted by Gasteiger charge is -2.62. The first-order valence-electron chi connectivity index (χ1n) is 17.9. The van der Waals surface area contributed by atoms with Gasteiger partial charge < -0.3 is 10.1 Å². The molecule has 0 bridgehead atoms. The first-order chi connectivity index (χ1) is 21.2. The molecular weight excluding hydrogens is 556 g/mol. The van der Waals surface area contributed by atoms with Gasteiger partial charge in [0, 0.05) is 30.8 Å². The Bertz CT molecular complexity index is 1310. The maximum Gasteiger partial charge on any atom is 0.306 e. The molecule has 5 heteroatoms. The van der Waals surface area contributed by atoms with E-state index in [0.717, 1.165) is 30.2 Å². The van der Waals surface area contributed by atoms with Crippen molar-refractivity contribution in [1.82, 2.24) is 10.3 Å². The lowest BCUT2D eigenvalue weighted by atomic mass is 9.43. The molecule has 1 heterocycles. The van der Waals surface area contributed by atoms with Crippen molar-refractivity contribution in [2.24, 2.45) is 39.4 Å². The number of carbonyl (C=O) groups is 2. The number of ether oxygens (including phenoxy) is 1. The topological polar surface area (TPSA) is 68.3 Å². The van der Waals surface area contributed by atoms with Crippen LogP contribution in [0.5, 0.6) is 0 Å². The smallest absolute Gasteiger partial charge is 0.306 e. The van der Waals surface area contributed by atoms with Crippen molar-refractivity contribution in [3.05, 3.63) is 52.9 Å². The maximum absolute atomic E-state index is 13.0. The van der Waals surface area contributed by atoms with Crippen molar-refractivity contribution in [3.8, 4) is 0 Å². The SMILES string of the molecule is CC(C)=CCC[C@@H](C)[C@H]1CC[C@@]2(C)C3=C(CC[C@]12C)[C@@]1(C)CC[C@H](OC(=O)CCC(=O)NCc2ccncc2)C(C)(C)[C@@H]1CC3. The van der Waals surface area contributed by atoms with Gasteiger partial charge in [0.2, 0.25) is 5.91 Å². The van der Waals surface area contributed by atoms with Crippen LogP contribution in [0.25, 0.3) is 0 Å². The van der Waals surface area contributed by atoms with Crippen LogP contribution in [-0.4, -0.2) is 23.0 Å². The Morgan fingerprint density at radius 1 is 0.978 bits per heavy atom. The molecule has 2 fully saturated rings. The summed E-state index contributed by atoms with van der Waals surface area (Å²) in [5, 5.41) is 2.90. The normalized spacial score (nSPS) is 34.2. The Labute approximate surface area is 273 Å². The molecule has 7 atom stereocenters. The van der Waals surface area contributed by atoms with Gasteiger partial charge in [-0.05, 0) is 130 Å². The van der Waals surface area contributed by atoms with Crippen LogP contribution in [-0.2, 0) is 20.9 Å². The van der Waals surface area contributed by atoms with Crippen LogP contribution in [0, 0.1) is 39.4 Å². The minimum Gasteiger partial charge on any atom is -0.462 e. The lowest BCUT2D eigenvalue weighted by molar-refractivity contribution is -0.170. The van der Waals surface area contributed by atoms with E-state index in [9.17, 15) is 9.59 Å². The van der Waals surface area contributed by atoms with E-state index in [0.29, 0.717) is 23.3 Å². The lowest BCUT2D eigenvalue weighted by Crippen LogP contribution is -2.55. The molecule has 0 aromatic carbocycles. The van der Waals surface area contributed by atoms with Gasteiger partial charge in [-0.25, -0.2) is 0 Å². The summed E-state index contributed by atoms with van der Waals surface area (Å²) >= 11 is 0. The molecule has 1 N–H and O–H groups in total. The Hall–Kier alpha value is -2.43. The number of nitrogens with one attached hydrogen (secondary N) is 1. The largest absolute Gasteiger partial charge is 0.462 e. The molecule has 4 aliphatic rings. The number of hydrogen-bond donors (Lipinski definition) is 1. The highest BCUT2D eigenvalue weighted by Gasteiger charge is 2.63. The first kappa shape index (κ1) is 33.9. The second-order valence-electron chi connectivity index (χ2n) is 16.7. The number of rotatable bonds is 10. The second-order valence-corrected chi connectivity index (χ2v) is 16.7. The number of carbonyl (C=O) groups excluding carboxylic acids is 2. The Morgan fingerprint density at radius 2 is 1.71 bits per heavy atom. The summed E-state index contributed by atoms with van der Waals surface area (Å²) in [5.74, 6) is 1.69. The third-order valence-electron chi connectivity index (χ3n) is 13.7. The van der Waals surface area contributed by atoms with Crippen molar-refractivity contribution < 1.29 is 14.3 Å². The van der Waals surface area contributed by atoms with Gasteiger partial charge in [0.05, 0.1) is 6.42 Å². The van der Waals surface area contributed by atoms with Gasteiger partial charge in [-0.15, -0.1) is 0 Å². The van der Waals surface area contributed by atoms with E-state index in [-0.39, 0.29) is 41.7 Å². The zero-order chi connectivity index (χ0) is 32.6. The van der Waals surface area contributed by atoms with E-state index in [1.165, 1.54) is 56.9 Å². The zero-order valence-electron chi connectivity index (χ0n) is 29.6. The predicted molar refractivity (Wildman–Crippen MR) is 182 cm³/mol. The van der Waals surface area contributed by atoms with Gasteiger partial charge in [0.15, 0.2) is 0 Å². The van der Waals surface area contributed by atoms with Crippen LogP contribution in [0.4, 0.5) is 0 Å². The number of nitrogens with zero attached hydrogens (tertiary/aromatic N) is 1. The molecule has 2 saturated carbocycles. The monoisotopic (exact) mass is 616 g/mol. The van der Waals surface area contributed by atoms with Gasteiger partial charge in [-0.1, -0.05) is 64.3 Å². The van der Waals surface area contributed by atoms with Gasteiger partial charge >= 0.3 is 5.97 Å². The molecule has 5 rings (SSSR count). The maximum atomic E-state index is 13.0. The molecule has 0 saturated heterocycles. The third kappa shape index (κ3) is 6.31. The van der Waals surface area contributed by atoms with Gasteiger partial charge in [-0.2, -0.15) is 0 Å². The van der Waals surface area contributed by atoms with E-state index in [4.69, 9.17) is 4.74 Å². The summed E-state index contributed by atoms with van der Waals surface area (Å²) in [7, 11) is 0. The quantitative estimate of drug-likeness (QED) is 0.210. The molecule has 0 aliphatic heterocycles. The summed E-state index contributed by atoms with van der Waals surface area (Å²) < 4.78 is 6.19. The zero-order valence-corrected chi connectivity index (χ0v) is 29.6. The van der Waals surface area contributed by atoms with E-state index in [2.05, 4.69) is 71.8 Å². The first-order valence-corrected chi connectivity index (χ1v) is 17.9. The molecule has 45 heavy (non-hydrogen) atoms. The Kier molecular flexibility index (Phi) is 9.79. The highest BCUT2D eigenvalue weighted by molar-refractivity contribution is 5.81. The summed E-state index contributed by atoms with van der Waals surface area (Å²) in [6.07, 6.45) is 18.1. The van der Waals surface area contributed by atoms with E-state index >= 15 is 0 Å². The van der Waals surface area contributed by atoms with E-state index in [1.54, 1.807) is 18.0 Å². The number of fused-ring (bicyclic) bond motifs is 4. The van der Waals surface area contributed by atoms with Crippen LogP contribution in [0.1, 0.15) is 138 Å². The van der Waals surface area contributed by atoms with Crippen molar-refractivity contribution in [2.75, 3.05) is 0 Å². The number of allylic oxidation sites excluding steroid dienone is 4. The number of hydrogen-bond acceptors (Lipinski definition) is 4. The summed E-state index contributed by atoms with van der Waals surface area (Å²) in [6.45, 7) is 19.9. The van der Waals surface area contributed by atoms with Crippen LogP contribution in [0.2, 0.25) is 0 Å². The van der Waals surface area contributed by atoms with Crippen molar-refractivity contribution in [3.63, 3.8) is 0 Å². The van der Waals surface area contributed by atoms with Gasteiger partial charge in [0.1, 0.15) is 6.10 Å². The number of esters is 1. The molecule has 1 aromatic heterocycles. The molecule has 248 valence electrons. The average molecular weight is 617 g/mol. The molecule has 4 aliphatic carbocycles. The fourth-order valence-corrected chi connectivity index (χ4v) is 10.9. The van der Waals surface area contributed by atoms with Crippen LogP contribution in [0.15, 0.2) is 47.3 Å². The van der Waals surface area contributed by atoms with Crippen molar-refractivity contribution >= 4 is 11.9 Å². The number of pyridine rings is 1. The predicted octanol–water partition coefficient (Wildman–Crippen LogP) is 9.52. The standard InChI is InChI=1S/C40H60N2O3/c1-27(2)10-9-11-28(3)30-16-22-40(8)32-12-13-33-37(4,5)34(18-21-38(33,6)31(32)17-23-39(30,40)7)45-36(44)15-14-35(43)42-26-29-19-24-41-25-20-29/h10,19-20,24-25,28,30,33-34H,9,11-18,21-23,26H2,1-8H3,(H,42,43)/t28-,30-,33+,34+,38-,39-,40+/m1/s1. The molecule has 0 unspecified atom stereocenters. The Morgan fingerprint density at radius 3 is 2.42 bits per heavy atom. The van der Waals surface area contributed by atoms with Crippen LogP contribution >= 0.6 is 0 Å². The molecule has 0 spiro atoms. The highest BCUT2D eigenvalue weighted by atomic mass is 16.5. The van der Waals surface area contributed by atoms with Crippen LogP contribution < -0.4 is 5.32 Å². The third-order valence-corrected chi connectivity index (χ3v) is 13.7. The highest BCUT2D eigenvalue weighted by Crippen LogP contribution is 2.72. The van der Waals surface area contributed by atoms with E-state index in [1.807, 2.05) is 17.7 Å². The summed E-state index contributed by atoms with van der Waals surface area (Å²) in [5.41, 5.74) is 6.77. The minimum absolute atomic E-state index is 0.105. The molecule has 1 aromatic rings. The molecular formula is C40H60N2O3. The fourth-order valence-electron chi connectivity index (χ4n) is 10.9. The molecule has 1 amide bonds. The van der Waals surface area contributed by atoms with E-state index < -0.39 is 0 Å². The average Bonchev–Trinajstić information content (AvgIpc) is 3.28. The van der Waals surface area contributed by atoms with Gasteiger partial charge in [0.25, 0.3) is 0 Å².